The second-order valence-electron chi connectivity index (χ2n) is 4.82. The monoisotopic (exact) mass is 281 g/mol. The predicted molar refractivity (Wildman–Crippen MR) is 71.9 cm³/mol. The fourth-order valence-corrected chi connectivity index (χ4v) is 1.96. The number of ether oxygens (including phenoxy) is 1. The van der Waals surface area contributed by atoms with Crippen LogP contribution in [0.5, 0.6) is 0 Å². The molecule has 1 aliphatic heterocycles. The van der Waals surface area contributed by atoms with Gasteiger partial charge in [0.2, 0.25) is 11.8 Å². The van der Waals surface area contributed by atoms with E-state index in [1.165, 1.54) is 10.9 Å². The molecule has 0 aromatic carbocycles. The van der Waals surface area contributed by atoms with Gasteiger partial charge in [0, 0.05) is 26.5 Å². The lowest BCUT2D eigenvalue weighted by Gasteiger charge is -2.31. The molecule has 2 rings (SSSR count). The molecule has 4 N–H and O–H groups in total. The van der Waals surface area contributed by atoms with Crippen LogP contribution in [0.4, 0.5) is 5.69 Å². The van der Waals surface area contributed by atoms with Crippen LogP contribution < -0.4 is 16.4 Å². The van der Waals surface area contributed by atoms with E-state index in [2.05, 4.69) is 15.7 Å². The number of anilines is 1. The molecule has 8 nitrogen and oxygen atoms in total. The molecular formula is C12H19N5O3. The number of nitrogens with one attached hydrogen (secondary N) is 2. The SMILES string of the molecule is CNC(=O)Cn1cc(NC(=O)C2(N)CCOCC2)cn1. The van der Waals surface area contributed by atoms with Gasteiger partial charge in [-0.2, -0.15) is 5.10 Å². The number of hydrogen-bond donors (Lipinski definition) is 3. The highest BCUT2D eigenvalue weighted by atomic mass is 16.5. The highest BCUT2D eigenvalue weighted by molar-refractivity contribution is 5.97. The van der Waals surface area contributed by atoms with Crippen molar-refractivity contribution < 1.29 is 14.3 Å². The average molecular weight is 281 g/mol. The van der Waals surface area contributed by atoms with E-state index in [0.717, 1.165) is 0 Å². The van der Waals surface area contributed by atoms with Gasteiger partial charge in [-0.05, 0) is 12.8 Å². The van der Waals surface area contributed by atoms with Crippen molar-refractivity contribution in [1.82, 2.24) is 15.1 Å². The molecular weight excluding hydrogens is 262 g/mol. The van der Waals surface area contributed by atoms with Gasteiger partial charge in [-0.1, -0.05) is 0 Å². The van der Waals surface area contributed by atoms with Crippen LogP contribution in [-0.4, -0.2) is 47.4 Å². The molecule has 2 amide bonds. The number of carbonyl (C=O) groups is 2. The van der Waals surface area contributed by atoms with Crippen LogP contribution in [0.25, 0.3) is 0 Å². The third-order valence-electron chi connectivity index (χ3n) is 3.31. The Labute approximate surface area is 116 Å². The third kappa shape index (κ3) is 3.34. The van der Waals surface area contributed by atoms with Crippen LogP contribution in [0.1, 0.15) is 12.8 Å². The largest absolute Gasteiger partial charge is 0.381 e. The summed E-state index contributed by atoms with van der Waals surface area (Å²) in [7, 11) is 1.55. The van der Waals surface area contributed by atoms with Gasteiger partial charge < -0.3 is 21.1 Å². The lowest BCUT2D eigenvalue weighted by atomic mass is 9.90. The second kappa shape index (κ2) is 6.02. The molecule has 0 spiro atoms. The quantitative estimate of drug-likeness (QED) is 0.660. The summed E-state index contributed by atoms with van der Waals surface area (Å²) in [6.07, 6.45) is 4.07. The van der Waals surface area contributed by atoms with E-state index >= 15 is 0 Å². The fraction of sp³-hybridized carbons (Fsp3) is 0.583. The Balaban J connectivity index is 1.96. The van der Waals surface area contributed by atoms with E-state index in [9.17, 15) is 9.59 Å². The topological polar surface area (TPSA) is 111 Å². The van der Waals surface area contributed by atoms with Crippen molar-refractivity contribution in [3.63, 3.8) is 0 Å². The van der Waals surface area contributed by atoms with Crippen LogP contribution in [-0.2, 0) is 20.9 Å². The molecule has 1 saturated heterocycles. The van der Waals surface area contributed by atoms with Crippen molar-refractivity contribution in [2.24, 2.45) is 5.73 Å². The van der Waals surface area contributed by atoms with Crippen molar-refractivity contribution in [3.8, 4) is 0 Å². The normalized spacial score (nSPS) is 17.5. The number of nitrogens with zero attached hydrogens (tertiary/aromatic N) is 2. The molecule has 0 atom stereocenters. The molecule has 1 aliphatic rings. The molecule has 0 aliphatic carbocycles. The van der Waals surface area contributed by atoms with Crippen molar-refractivity contribution in [3.05, 3.63) is 12.4 Å². The van der Waals surface area contributed by atoms with Gasteiger partial charge in [0.05, 0.1) is 11.9 Å². The molecule has 110 valence electrons. The highest BCUT2D eigenvalue weighted by Crippen LogP contribution is 2.19. The minimum Gasteiger partial charge on any atom is -0.381 e. The summed E-state index contributed by atoms with van der Waals surface area (Å²) in [4.78, 5) is 23.4. The Morgan fingerprint density at radius 3 is 2.85 bits per heavy atom. The molecule has 0 bridgehead atoms. The first-order chi connectivity index (χ1) is 9.53. The lowest BCUT2D eigenvalue weighted by Crippen LogP contribution is -2.54. The summed E-state index contributed by atoms with van der Waals surface area (Å²) < 4.78 is 6.65. The summed E-state index contributed by atoms with van der Waals surface area (Å²) in [5.41, 5.74) is 5.70. The molecule has 0 unspecified atom stereocenters. The maximum Gasteiger partial charge on any atom is 0.244 e. The van der Waals surface area contributed by atoms with Crippen LogP contribution in [0, 0.1) is 0 Å². The van der Waals surface area contributed by atoms with Gasteiger partial charge in [0.25, 0.3) is 0 Å². The molecule has 8 heteroatoms. The van der Waals surface area contributed by atoms with Gasteiger partial charge >= 0.3 is 0 Å². The zero-order chi connectivity index (χ0) is 14.6. The lowest BCUT2D eigenvalue weighted by molar-refractivity contribution is -0.124. The smallest absolute Gasteiger partial charge is 0.244 e. The number of rotatable bonds is 4. The summed E-state index contributed by atoms with van der Waals surface area (Å²) in [6.45, 7) is 1.08. The van der Waals surface area contributed by atoms with E-state index in [0.29, 0.717) is 31.7 Å². The Morgan fingerprint density at radius 1 is 1.50 bits per heavy atom. The van der Waals surface area contributed by atoms with Crippen LogP contribution in [0.2, 0.25) is 0 Å². The van der Waals surface area contributed by atoms with Crippen molar-refractivity contribution >= 4 is 17.5 Å². The molecule has 1 aromatic rings. The van der Waals surface area contributed by atoms with Gasteiger partial charge in [0.15, 0.2) is 0 Å². The number of hydrogen-bond acceptors (Lipinski definition) is 5. The zero-order valence-corrected chi connectivity index (χ0v) is 11.4. The number of nitrogens with two attached hydrogens (primary N) is 1. The van der Waals surface area contributed by atoms with E-state index in [-0.39, 0.29) is 18.4 Å². The Bertz CT molecular complexity index is 493. The Kier molecular flexibility index (Phi) is 4.35. The predicted octanol–water partition coefficient (Wildman–Crippen LogP) is -0.924. The van der Waals surface area contributed by atoms with Crippen LogP contribution >= 0.6 is 0 Å². The highest BCUT2D eigenvalue weighted by Gasteiger charge is 2.36. The van der Waals surface area contributed by atoms with Crippen LogP contribution in [0.15, 0.2) is 12.4 Å². The van der Waals surface area contributed by atoms with E-state index in [1.54, 1.807) is 13.2 Å². The summed E-state index contributed by atoms with van der Waals surface area (Å²) in [6, 6.07) is 0. The number of carbonyl (C=O) groups excluding carboxylic acids is 2. The van der Waals surface area contributed by atoms with Gasteiger partial charge in [-0.15, -0.1) is 0 Å². The first-order valence-corrected chi connectivity index (χ1v) is 6.44. The van der Waals surface area contributed by atoms with E-state index in [1.807, 2.05) is 0 Å². The minimum absolute atomic E-state index is 0.105. The zero-order valence-electron chi connectivity index (χ0n) is 11.4. The Hall–Kier alpha value is -1.93. The molecule has 1 fully saturated rings. The molecule has 2 heterocycles. The van der Waals surface area contributed by atoms with Gasteiger partial charge in [-0.3, -0.25) is 14.3 Å². The maximum atomic E-state index is 12.2. The maximum absolute atomic E-state index is 12.2. The number of aromatic nitrogens is 2. The number of amides is 2. The molecule has 0 saturated carbocycles. The summed E-state index contributed by atoms with van der Waals surface area (Å²) >= 11 is 0. The average Bonchev–Trinajstić information content (AvgIpc) is 2.86. The molecule has 0 radical (unpaired) electrons. The second-order valence-corrected chi connectivity index (χ2v) is 4.82. The molecule has 1 aromatic heterocycles. The number of likely N-dealkylation sites (N-methyl/N-ethyl adjacent to an activating group) is 1. The summed E-state index contributed by atoms with van der Waals surface area (Å²) in [5, 5.41) is 9.23. The van der Waals surface area contributed by atoms with Crippen molar-refractivity contribution in [2.75, 3.05) is 25.6 Å². The van der Waals surface area contributed by atoms with Gasteiger partial charge in [-0.25, -0.2) is 0 Å². The molecule has 20 heavy (non-hydrogen) atoms. The van der Waals surface area contributed by atoms with Crippen molar-refractivity contribution in [2.45, 2.75) is 24.9 Å². The van der Waals surface area contributed by atoms with E-state index in [4.69, 9.17) is 10.5 Å². The van der Waals surface area contributed by atoms with E-state index < -0.39 is 5.54 Å². The third-order valence-corrected chi connectivity index (χ3v) is 3.31. The Morgan fingerprint density at radius 2 is 2.20 bits per heavy atom. The van der Waals surface area contributed by atoms with Crippen LogP contribution in [0.3, 0.4) is 0 Å². The standard InChI is InChI=1S/C12H19N5O3/c1-14-10(18)8-17-7-9(6-15-17)16-11(19)12(13)2-4-20-5-3-12/h6-7H,2-5,8,13H2,1H3,(H,14,18)(H,16,19). The van der Waals surface area contributed by atoms with Gasteiger partial charge in [0.1, 0.15) is 12.1 Å². The summed E-state index contributed by atoms with van der Waals surface area (Å²) in [5.74, 6) is -0.411. The first-order valence-electron chi connectivity index (χ1n) is 6.44. The fourth-order valence-electron chi connectivity index (χ4n) is 1.96. The van der Waals surface area contributed by atoms with Crippen molar-refractivity contribution in [1.29, 1.82) is 0 Å². The first kappa shape index (κ1) is 14.5. The minimum atomic E-state index is -0.902.